The van der Waals surface area contributed by atoms with E-state index >= 15 is 0 Å². The standard InChI is InChI=1S/C17H20N4O/c1-21(2)16-10-8-14(9-11-16)12-19-20-17(22)13-18-15-6-4-3-5-7-15/h3-12,18H,13H2,1-2H3,(H,20,22)/b19-12+. The summed E-state index contributed by atoms with van der Waals surface area (Å²) in [5.74, 6) is -0.190. The first kappa shape index (κ1) is 15.6. The quantitative estimate of drug-likeness (QED) is 0.635. The number of anilines is 2. The van der Waals surface area contributed by atoms with Crippen LogP contribution < -0.4 is 15.6 Å². The Hall–Kier alpha value is -2.82. The molecule has 0 saturated carbocycles. The Kier molecular flexibility index (Phi) is 5.54. The number of carbonyl (C=O) groups is 1. The van der Waals surface area contributed by atoms with Crippen LogP contribution in [-0.2, 0) is 4.79 Å². The van der Waals surface area contributed by atoms with Crippen LogP contribution in [-0.4, -0.2) is 32.8 Å². The second kappa shape index (κ2) is 7.83. The van der Waals surface area contributed by atoms with Gasteiger partial charge in [0.1, 0.15) is 0 Å². The normalized spacial score (nSPS) is 10.5. The van der Waals surface area contributed by atoms with E-state index in [0.29, 0.717) is 0 Å². The van der Waals surface area contributed by atoms with Crippen LogP contribution in [0.4, 0.5) is 11.4 Å². The van der Waals surface area contributed by atoms with Crippen LogP contribution in [0.25, 0.3) is 0 Å². The summed E-state index contributed by atoms with van der Waals surface area (Å²) in [4.78, 5) is 13.7. The Balaban J connectivity index is 1.78. The molecule has 1 amide bonds. The zero-order valence-electron chi connectivity index (χ0n) is 12.8. The summed E-state index contributed by atoms with van der Waals surface area (Å²) in [7, 11) is 3.98. The SMILES string of the molecule is CN(C)c1ccc(/C=N/NC(=O)CNc2ccccc2)cc1. The molecule has 2 N–H and O–H groups in total. The number of nitrogens with one attached hydrogen (secondary N) is 2. The van der Waals surface area contributed by atoms with Crippen molar-refractivity contribution in [2.75, 3.05) is 30.9 Å². The monoisotopic (exact) mass is 296 g/mol. The summed E-state index contributed by atoms with van der Waals surface area (Å²) >= 11 is 0. The van der Waals surface area contributed by atoms with Gasteiger partial charge < -0.3 is 10.2 Å². The molecule has 0 atom stereocenters. The summed E-state index contributed by atoms with van der Waals surface area (Å²) in [5.41, 5.74) is 5.45. The molecule has 0 aliphatic rings. The second-order valence-corrected chi connectivity index (χ2v) is 5.00. The first-order chi connectivity index (χ1) is 10.6. The summed E-state index contributed by atoms with van der Waals surface area (Å²) in [5, 5.41) is 6.97. The van der Waals surface area contributed by atoms with Crippen molar-refractivity contribution in [1.29, 1.82) is 0 Å². The van der Waals surface area contributed by atoms with Crippen molar-refractivity contribution >= 4 is 23.5 Å². The summed E-state index contributed by atoms with van der Waals surface area (Å²) in [6.45, 7) is 0.181. The maximum Gasteiger partial charge on any atom is 0.259 e. The zero-order valence-corrected chi connectivity index (χ0v) is 12.8. The van der Waals surface area contributed by atoms with Gasteiger partial charge in [0.2, 0.25) is 0 Å². The van der Waals surface area contributed by atoms with Crippen molar-refractivity contribution in [3.63, 3.8) is 0 Å². The van der Waals surface area contributed by atoms with Crippen LogP contribution in [0.15, 0.2) is 59.7 Å². The van der Waals surface area contributed by atoms with Crippen molar-refractivity contribution in [2.24, 2.45) is 5.10 Å². The van der Waals surface area contributed by atoms with Gasteiger partial charge in [-0.1, -0.05) is 30.3 Å². The average molecular weight is 296 g/mol. The predicted octanol–water partition coefficient (Wildman–Crippen LogP) is 2.31. The van der Waals surface area contributed by atoms with Gasteiger partial charge in [-0.05, 0) is 29.8 Å². The third-order valence-electron chi connectivity index (χ3n) is 3.04. The molecule has 5 heteroatoms. The minimum absolute atomic E-state index is 0.181. The topological polar surface area (TPSA) is 56.7 Å². The maximum atomic E-state index is 11.7. The van der Waals surface area contributed by atoms with Crippen molar-refractivity contribution < 1.29 is 4.79 Å². The fraction of sp³-hybridized carbons (Fsp3) is 0.176. The van der Waals surface area contributed by atoms with Crippen molar-refractivity contribution in [3.05, 3.63) is 60.2 Å². The molecule has 5 nitrogen and oxygen atoms in total. The van der Waals surface area contributed by atoms with Crippen molar-refractivity contribution in [3.8, 4) is 0 Å². The number of para-hydroxylation sites is 1. The third kappa shape index (κ3) is 4.94. The van der Waals surface area contributed by atoms with Gasteiger partial charge in [0.15, 0.2) is 0 Å². The lowest BCUT2D eigenvalue weighted by Gasteiger charge is -2.11. The molecule has 0 heterocycles. The van der Waals surface area contributed by atoms with Crippen molar-refractivity contribution in [1.82, 2.24) is 5.43 Å². The van der Waals surface area contributed by atoms with E-state index in [4.69, 9.17) is 0 Å². The van der Waals surface area contributed by atoms with Gasteiger partial charge in [-0.15, -0.1) is 0 Å². The van der Waals surface area contributed by atoms with E-state index < -0.39 is 0 Å². The molecule has 0 aliphatic heterocycles. The smallest absolute Gasteiger partial charge is 0.259 e. The highest BCUT2D eigenvalue weighted by Crippen LogP contribution is 2.10. The van der Waals surface area contributed by atoms with Gasteiger partial charge in [-0.3, -0.25) is 4.79 Å². The number of hydrazone groups is 1. The number of nitrogens with zero attached hydrogens (tertiary/aromatic N) is 2. The Morgan fingerprint density at radius 2 is 1.77 bits per heavy atom. The lowest BCUT2D eigenvalue weighted by atomic mass is 10.2. The molecule has 0 aliphatic carbocycles. The number of hydrogen-bond acceptors (Lipinski definition) is 4. The van der Waals surface area contributed by atoms with Crippen LogP contribution >= 0.6 is 0 Å². The molecule has 0 bridgehead atoms. The van der Waals surface area contributed by atoms with E-state index in [1.807, 2.05) is 73.6 Å². The highest BCUT2D eigenvalue weighted by atomic mass is 16.2. The predicted molar refractivity (Wildman–Crippen MR) is 91.4 cm³/mol. The largest absolute Gasteiger partial charge is 0.378 e. The Morgan fingerprint density at radius 3 is 2.41 bits per heavy atom. The van der Waals surface area contributed by atoms with Crippen LogP contribution in [0.5, 0.6) is 0 Å². The first-order valence-electron chi connectivity index (χ1n) is 7.03. The molecule has 0 aromatic heterocycles. The van der Waals surface area contributed by atoms with Gasteiger partial charge in [0.05, 0.1) is 12.8 Å². The van der Waals surface area contributed by atoms with E-state index in [1.54, 1.807) is 6.21 Å². The van der Waals surface area contributed by atoms with Gasteiger partial charge in [-0.2, -0.15) is 5.10 Å². The zero-order chi connectivity index (χ0) is 15.8. The second-order valence-electron chi connectivity index (χ2n) is 5.00. The minimum Gasteiger partial charge on any atom is -0.378 e. The highest BCUT2D eigenvalue weighted by molar-refractivity contribution is 5.84. The molecule has 22 heavy (non-hydrogen) atoms. The van der Waals surface area contributed by atoms with Crippen LogP contribution in [0, 0.1) is 0 Å². The van der Waals surface area contributed by atoms with Crippen LogP contribution in [0.3, 0.4) is 0 Å². The fourth-order valence-electron chi connectivity index (χ4n) is 1.82. The van der Waals surface area contributed by atoms with Crippen molar-refractivity contribution in [2.45, 2.75) is 0 Å². The van der Waals surface area contributed by atoms with Gasteiger partial charge in [0.25, 0.3) is 5.91 Å². The number of amides is 1. The molecule has 0 unspecified atom stereocenters. The molecular formula is C17H20N4O. The molecule has 0 saturated heterocycles. The minimum atomic E-state index is -0.190. The lowest BCUT2D eigenvalue weighted by Crippen LogP contribution is -2.25. The van der Waals surface area contributed by atoms with E-state index in [1.165, 1.54) is 0 Å². The number of carbonyl (C=O) groups excluding carboxylic acids is 1. The Morgan fingerprint density at radius 1 is 1.09 bits per heavy atom. The van der Waals surface area contributed by atoms with E-state index in [0.717, 1.165) is 16.9 Å². The van der Waals surface area contributed by atoms with Gasteiger partial charge >= 0.3 is 0 Å². The first-order valence-corrected chi connectivity index (χ1v) is 7.03. The van der Waals surface area contributed by atoms with E-state index in [9.17, 15) is 4.79 Å². The van der Waals surface area contributed by atoms with Gasteiger partial charge in [-0.25, -0.2) is 5.43 Å². The van der Waals surface area contributed by atoms with E-state index in [-0.39, 0.29) is 12.5 Å². The molecule has 2 aromatic rings. The third-order valence-corrected chi connectivity index (χ3v) is 3.04. The molecule has 114 valence electrons. The lowest BCUT2D eigenvalue weighted by molar-refractivity contribution is -0.119. The molecule has 0 radical (unpaired) electrons. The molecule has 2 rings (SSSR count). The summed E-state index contributed by atoms with van der Waals surface area (Å²) < 4.78 is 0. The summed E-state index contributed by atoms with van der Waals surface area (Å²) in [6, 6.07) is 17.5. The number of benzene rings is 2. The Bertz CT molecular complexity index is 621. The van der Waals surface area contributed by atoms with Crippen LogP contribution in [0.2, 0.25) is 0 Å². The fourth-order valence-corrected chi connectivity index (χ4v) is 1.82. The Labute approximate surface area is 130 Å². The average Bonchev–Trinajstić information content (AvgIpc) is 2.54. The number of hydrogen-bond donors (Lipinski definition) is 2. The molecule has 2 aromatic carbocycles. The molecule has 0 fully saturated rings. The maximum absolute atomic E-state index is 11.7. The van der Waals surface area contributed by atoms with Crippen LogP contribution in [0.1, 0.15) is 5.56 Å². The van der Waals surface area contributed by atoms with Gasteiger partial charge in [0, 0.05) is 25.5 Å². The molecular weight excluding hydrogens is 276 g/mol. The molecule has 0 spiro atoms. The number of rotatable bonds is 6. The highest BCUT2D eigenvalue weighted by Gasteiger charge is 1.99. The van der Waals surface area contributed by atoms with E-state index in [2.05, 4.69) is 15.8 Å². The summed E-state index contributed by atoms with van der Waals surface area (Å²) in [6.07, 6.45) is 1.62.